The summed E-state index contributed by atoms with van der Waals surface area (Å²) in [6.45, 7) is -0.232. The molecule has 0 aromatic heterocycles. The molecular weight excluding hydrogens is 330 g/mol. The van der Waals surface area contributed by atoms with Gasteiger partial charge in [0.25, 0.3) is 5.91 Å². The second-order valence-electron chi connectivity index (χ2n) is 5.85. The molecule has 1 saturated carbocycles. The number of nitrogens with two attached hydrogens (primary N) is 1. The Kier molecular flexibility index (Phi) is 4.65. The van der Waals surface area contributed by atoms with Gasteiger partial charge in [0.2, 0.25) is 5.91 Å². The van der Waals surface area contributed by atoms with Crippen LogP contribution >= 0.6 is 0 Å². The standard InChI is InChI=1S/C18H16F2N2O3/c19-14-2-1-3-15(20)17(14)12-8-13(12)18(24)22-10-4-6-11(7-5-10)25-9-16(21)23/h1-7,12-13H,8-9H2,(H2,21,23)(H,22,24)/t12-,13-/m1/s1. The van der Waals surface area contributed by atoms with Crippen LogP contribution in [-0.4, -0.2) is 18.4 Å². The predicted octanol–water partition coefficient (Wildman–Crippen LogP) is 2.57. The molecule has 3 N–H and O–H groups in total. The van der Waals surface area contributed by atoms with Crippen LogP contribution in [0.2, 0.25) is 0 Å². The second kappa shape index (κ2) is 6.88. The highest BCUT2D eigenvalue weighted by atomic mass is 19.1. The first-order valence-corrected chi connectivity index (χ1v) is 7.71. The van der Waals surface area contributed by atoms with Gasteiger partial charge in [-0.1, -0.05) is 6.07 Å². The predicted molar refractivity (Wildman–Crippen MR) is 87.0 cm³/mol. The molecular formula is C18H16F2N2O3. The Morgan fingerprint density at radius 3 is 2.36 bits per heavy atom. The van der Waals surface area contributed by atoms with Gasteiger partial charge in [0.05, 0.1) is 0 Å². The number of carbonyl (C=O) groups excluding carboxylic acids is 2. The lowest BCUT2D eigenvalue weighted by Gasteiger charge is -2.08. The normalized spacial score (nSPS) is 18.5. The van der Waals surface area contributed by atoms with Gasteiger partial charge < -0.3 is 15.8 Å². The lowest BCUT2D eigenvalue weighted by Crippen LogP contribution is -2.20. The average molecular weight is 346 g/mol. The van der Waals surface area contributed by atoms with Crippen LogP contribution in [0.1, 0.15) is 17.9 Å². The van der Waals surface area contributed by atoms with Gasteiger partial charge in [-0.05, 0) is 42.8 Å². The Bertz CT molecular complexity index is 788. The van der Waals surface area contributed by atoms with E-state index in [-0.39, 0.29) is 18.1 Å². The minimum absolute atomic E-state index is 0.0298. The van der Waals surface area contributed by atoms with Crippen LogP contribution in [0.25, 0.3) is 0 Å². The van der Waals surface area contributed by atoms with E-state index in [4.69, 9.17) is 10.5 Å². The first-order valence-electron chi connectivity index (χ1n) is 7.71. The van der Waals surface area contributed by atoms with Gasteiger partial charge in [0, 0.05) is 23.1 Å². The molecule has 3 rings (SSSR count). The fourth-order valence-electron chi connectivity index (χ4n) is 2.69. The summed E-state index contributed by atoms with van der Waals surface area (Å²) in [5.41, 5.74) is 5.48. The van der Waals surface area contributed by atoms with Gasteiger partial charge in [0.15, 0.2) is 6.61 Å². The first kappa shape index (κ1) is 16.9. The zero-order chi connectivity index (χ0) is 18.0. The van der Waals surface area contributed by atoms with Crippen LogP contribution in [0.3, 0.4) is 0 Å². The molecule has 5 nitrogen and oxygen atoms in total. The number of nitrogens with one attached hydrogen (secondary N) is 1. The topological polar surface area (TPSA) is 81.4 Å². The molecule has 1 fully saturated rings. The van der Waals surface area contributed by atoms with E-state index in [9.17, 15) is 18.4 Å². The molecule has 1 aliphatic rings. The summed E-state index contributed by atoms with van der Waals surface area (Å²) in [5, 5.41) is 2.70. The molecule has 0 bridgehead atoms. The van der Waals surface area contributed by atoms with E-state index < -0.39 is 29.4 Å². The number of primary amides is 1. The molecule has 2 amide bonds. The molecule has 0 unspecified atom stereocenters. The van der Waals surface area contributed by atoms with Crippen molar-refractivity contribution < 1.29 is 23.1 Å². The quantitative estimate of drug-likeness (QED) is 0.843. The first-order chi connectivity index (χ1) is 12.0. The van der Waals surface area contributed by atoms with Gasteiger partial charge in [-0.3, -0.25) is 9.59 Å². The molecule has 25 heavy (non-hydrogen) atoms. The van der Waals surface area contributed by atoms with E-state index in [0.717, 1.165) is 0 Å². The Labute approximate surface area is 142 Å². The SMILES string of the molecule is NC(=O)COc1ccc(NC(=O)[C@@H]2C[C@H]2c2c(F)cccc2F)cc1. The summed E-state index contributed by atoms with van der Waals surface area (Å²) >= 11 is 0. The zero-order valence-corrected chi connectivity index (χ0v) is 13.2. The number of rotatable bonds is 6. The van der Waals surface area contributed by atoms with Crippen LogP contribution < -0.4 is 15.8 Å². The maximum atomic E-state index is 13.8. The van der Waals surface area contributed by atoms with Crippen LogP contribution in [0, 0.1) is 17.6 Å². The third-order valence-corrected chi connectivity index (χ3v) is 4.00. The smallest absolute Gasteiger partial charge is 0.255 e. The van der Waals surface area contributed by atoms with Crippen LogP contribution in [0.5, 0.6) is 5.75 Å². The third-order valence-electron chi connectivity index (χ3n) is 4.00. The molecule has 7 heteroatoms. The van der Waals surface area contributed by atoms with Gasteiger partial charge in [-0.2, -0.15) is 0 Å². The third kappa shape index (κ3) is 3.93. The number of halogens is 2. The summed E-state index contributed by atoms with van der Waals surface area (Å²) in [6.07, 6.45) is 0.406. The zero-order valence-electron chi connectivity index (χ0n) is 13.2. The number of benzene rings is 2. The van der Waals surface area contributed by atoms with E-state index in [2.05, 4.69) is 5.32 Å². The average Bonchev–Trinajstić information content (AvgIpc) is 3.34. The largest absolute Gasteiger partial charge is 0.484 e. The van der Waals surface area contributed by atoms with Crippen LogP contribution in [0.4, 0.5) is 14.5 Å². The summed E-state index contributed by atoms with van der Waals surface area (Å²) in [4.78, 5) is 22.9. The monoisotopic (exact) mass is 346 g/mol. The van der Waals surface area contributed by atoms with Crippen molar-refractivity contribution in [2.24, 2.45) is 11.7 Å². The molecule has 0 heterocycles. The van der Waals surface area contributed by atoms with Crippen molar-refractivity contribution in [3.05, 3.63) is 59.7 Å². The summed E-state index contributed by atoms with van der Waals surface area (Å²) in [7, 11) is 0. The van der Waals surface area contributed by atoms with E-state index in [0.29, 0.717) is 17.9 Å². The maximum Gasteiger partial charge on any atom is 0.255 e. The Morgan fingerprint density at radius 2 is 1.76 bits per heavy atom. The molecule has 130 valence electrons. The van der Waals surface area contributed by atoms with Crippen molar-refractivity contribution in [2.45, 2.75) is 12.3 Å². The van der Waals surface area contributed by atoms with E-state index in [1.54, 1.807) is 24.3 Å². The molecule has 0 saturated heterocycles. The lowest BCUT2D eigenvalue weighted by atomic mass is 10.1. The van der Waals surface area contributed by atoms with Crippen molar-refractivity contribution >= 4 is 17.5 Å². The summed E-state index contributed by atoms with van der Waals surface area (Å²) in [5.74, 6) is -2.60. The molecule has 1 aliphatic carbocycles. The highest BCUT2D eigenvalue weighted by Gasteiger charge is 2.46. The van der Waals surface area contributed by atoms with Gasteiger partial charge in [0.1, 0.15) is 17.4 Å². The number of hydrogen-bond acceptors (Lipinski definition) is 3. The number of hydrogen-bond donors (Lipinski definition) is 2. The van der Waals surface area contributed by atoms with Gasteiger partial charge >= 0.3 is 0 Å². The lowest BCUT2D eigenvalue weighted by molar-refractivity contribution is -0.120. The molecule has 2 aromatic rings. The van der Waals surface area contributed by atoms with Crippen molar-refractivity contribution in [1.29, 1.82) is 0 Å². The number of carbonyl (C=O) groups is 2. The van der Waals surface area contributed by atoms with Crippen LogP contribution in [0.15, 0.2) is 42.5 Å². The molecule has 2 aromatic carbocycles. The maximum absolute atomic E-state index is 13.8. The van der Waals surface area contributed by atoms with E-state index in [1.165, 1.54) is 18.2 Å². The number of ether oxygens (including phenoxy) is 1. The Morgan fingerprint density at radius 1 is 1.12 bits per heavy atom. The number of anilines is 1. The summed E-state index contributed by atoms with van der Waals surface area (Å²) in [6, 6.07) is 10.1. The fourth-order valence-corrected chi connectivity index (χ4v) is 2.69. The van der Waals surface area contributed by atoms with Gasteiger partial charge in [-0.15, -0.1) is 0 Å². The minimum atomic E-state index is -0.628. The van der Waals surface area contributed by atoms with Gasteiger partial charge in [-0.25, -0.2) is 8.78 Å². The highest BCUT2D eigenvalue weighted by molar-refractivity contribution is 5.95. The Balaban J connectivity index is 1.59. The highest BCUT2D eigenvalue weighted by Crippen LogP contribution is 2.49. The summed E-state index contributed by atoms with van der Waals surface area (Å²) < 4.78 is 32.6. The number of amides is 2. The Hall–Kier alpha value is -2.96. The minimum Gasteiger partial charge on any atom is -0.484 e. The molecule has 0 aliphatic heterocycles. The van der Waals surface area contributed by atoms with Crippen LogP contribution in [-0.2, 0) is 9.59 Å². The molecule has 0 radical (unpaired) electrons. The molecule has 0 spiro atoms. The second-order valence-corrected chi connectivity index (χ2v) is 5.85. The van der Waals surface area contributed by atoms with E-state index in [1.807, 2.05) is 0 Å². The van der Waals surface area contributed by atoms with Crippen molar-refractivity contribution in [1.82, 2.24) is 0 Å². The fraction of sp³-hybridized carbons (Fsp3) is 0.222. The van der Waals surface area contributed by atoms with Crippen molar-refractivity contribution in [2.75, 3.05) is 11.9 Å². The van der Waals surface area contributed by atoms with E-state index >= 15 is 0 Å². The molecule has 2 atom stereocenters. The van der Waals surface area contributed by atoms with Crippen molar-refractivity contribution in [3.8, 4) is 5.75 Å². The van der Waals surface area contributed by atoms with Crippen molar-refractivity contribution in [3.63, 3.8) is 0 Å².